The number of benzene rings is 2. The first kappa shape index (κ1) is 26.0. The van der Waals surface area contributed by atoms with Crippen molar-refractivity contribution in [1.29, 1.82) is 0 Å². The number of carbonyl (C=O) groups excluding carboxylic acids is 2. The van der Waals surface area contributed by atoms with Gasteiger partial charge < -0.3 is 20.5 Å². The van der Waals surface area contributed by atoms with Crippen LogP contribution < -0.4 is 10.6 Å². The largest absolute Gasteiger partial charge is 0.480 e. The lowest BCUT2D eigenvalue weighted by Gasteiger charge is -2.26. The normalized spacial score (nSPS) is 13.3. The number of carbonyl (C=O) groups is 3. The van der Waals surface area contributed by atoms with Gasteiger partial charge in [0.2, 0.25) is 5.91 Å². The van der Waals surface area contributed by atoms with Gasteiger partial charge in [0.05, 0.1) is 0 Å². The molecule has 1 aliphatic rings. The number of allylic oxidation sites excluding steroid dienone is 1. The Bertz CT molecular complexity index is 1070. The molecule has 3 N–H and O–H groups in total. The van der Waals surface area contributed by atoms with Crippen molar-refractivity contribution in [3.8, 4) is 11.1 Å². The number of hydrogen-bond acceptors (Lipinski definition) is 4. The number of nitrogens with one attached hydrogen (secondary N) is 2. The minimum atomic E-state index is -1.08. The summed E-state index contributed by atoms with van der Waals surface area (Å²) in [7, 11) is 0. The van der Waals surface area contributed by atoms with Crippen LogP contribution >= 0.6 is 0 Å². The Labute approximate surface area is 206 Å². The van der Waals surface area contributed by atoms with Crippen LogP contribution in [0.3, 0.4) is 0 Å². The third-order valence-corrected chi connectivity index (χ3v) is 6.34. The zero-order chi connectivity index (χ0) is 25.6. The van der Waals surface area contributed by atoms with Crippen LogP contribution in [0.15, 0.2) is 60.2 Å². The SMILES string of the molecule is CC(C)=CCC(NC(=O)C(C)(C)CCNC(=O)OCC1c2ccccc2-c2ccccc21)C(=O)O. The second-order valence-corrected chi connectivity index (χ2v) is 9.77. The van der Waals surface area contributed by atoms with E-state index in [9.17, 15) is 19.5 Å². The van der Waals surface area contributed by atoms with Gasteiger partial charge in [0.1, 0.15) is 12.6 Å². The summed E-state index contributed by atoms with van der Waals surface area (Å²) in [6.07, 6.45) is 1.79. The molecule has 0 saturated heterocycles. The zero-order valence-electron chi connectivity index (χ0n) is 20.8. The maximum absolute atomic E-state index is 12.7. The standard InChI is InChI=1S/C28H34N2O5/c1-18(2)13-14-24(25(31)32)30-26(33)28(3,4)15-16-29-27(34)35-17-23-21-11-7-5-9-19(21)20-10-6-8-12-22(20)23/h5-13,23-24H,14-17H2,1-4H3,(H,29,34)(H,30,33)(H,31,32). The molecular formula is C28H34N2O5. The fraction of sp³-hybridized carbons (Fsp3) is 0.393. The lowest BCUT2D eigenvalue weighted by Crippen LogP contribution is -2.47. The van der Waals surface area contributed by atoms with Crippen molar-refractivity contribution in [2.45, 2.75) is 52.5 Å². The first-order chi connectivity index (χ1) is 16.6. The molecule has 3 rings (SSSR count). The molecule has 186 valence electrons. The Morgan fingerprint density at radius 2 is 1.60 bits per heavy atom. The molecule has 1 unspecified atom stereocenters. The van der Waals surface area contributed by atoms with Gasteiger partial charge in [-0.1, -0.05) is 74.0 Å². The fourth-order valence-corrected chi connectivity index (χ4v) is 4.17. The molecule has 2 amide bonds. The van der Waals surface area contributed by atoms with Crippen molar-refractivity contribution in [3.05, 3.63) is 71.3 Å². The summed E-state index contributed by atoms with van der Waals surface area (Å²) >= 11 is 0. The molecule has 7 nitrogen and oxygen atoms in total. The van der Waals surface area contributed by atoms with E-state index in [0.29, 0.717) is 6.42 Å². The van der Waals surface area contributed by atoms with Crippen LogP contribution in [0.1, 0.15) is 57.6 Å². The molecular weight excluding hydrogens is 444 g/mol. The van der Waals surface area contributed by atoms with E-state index in [1.807, 2.05) is 38.1 Å². The molecule has 0 aromatic heterocycles. The average molecular weight is 479 g/mol. The van der Waals surface area contributed by atoms with Crippen molar-refractivity contribution in [3.63, 3.8) is 0 Å². The van der Waals surface area contributed by atoms with Gasteiger partial charge in [0.25, 0.3) is 0 Å². The molecule has 0 fully saturated rings. The van der Waals surface area contributed by atoms with Crippen molar-refractivity contribution < 1.29 is 24.2 Å². The summed E-state index contributed by atoms with van der Waals surface area (Å²) in [6, 6.07) is 15.3. The highest BCUT2D eigenvalue weighted by Crippen LogP contribution is 2.44. The molecule has 35 heavy (non-hydrogen) atoms. The Kier molecular flexibility index (Phi) is 8.33. The quantitative estimate of drug-likeness (QED) is 0.423. The number of fused-ring (bicyclic) bond motifs is 3. The maximum Gasteiger partial charge on any atom is 0.407 e. The summed E-state index contributed by atoms with van der Waals surface area (Å²) in [5.74, 6) is -1.48. The molecule has 7 heteroatoms. The second kappa shape index (κ2) is 11.2. The van der Waals surface area contributed by atoms with Crippen molar-refractivity contribution in [1.82, 2.24) is 10.6 Å². The highest BCUT2D eigenvalue weighted by molar-refractivity contribution is 5.87. The van der Waals surface area contributed by atoms with Crippen molar-refractivity contribution in [2.75, 3.05) is 13.2 Å². The summed E-state index contributed by atoms with van der Waals surface area (Å²) in [5.41, 5.74) is 4.72. The molecule has 1 atom stereocenters. The number of ether oxygens (including phenoxy) is 1. The third-order valence-electron chi connectivity index (χ3n) is 6.34. The van der Waals surface area contributed by atoms with E-state index in [-0.39, 0.29) is 31.4 Å². The van der Waals surface area contributed by atoms with Crippen molar-refractivity contribution >= 4 is 18.0 Å². The van der Waals surface area contributed by atoms with Gasteiger partial charge in [-0.3, -0.25) is 4.79 Å². The predicted octanol–water partition coefficient (Wildman–Crippen LogP) is 4.87. The summed E-state index contributed by atoms with van der Waals surface area (Å²) in [6.45, 7) is 7.64. The minimum Gasteiger partial charge on any atom is -0.480 e. The molecule has 0 heterocycles. The molecule has 2 aromatic rings. The van der Waals surface area contributed by atoms with E-state index in [4.69, 9.17) is 4.74 Å². The summed E-state index contributed by atoms with van der Waals surface area (Å²) in [5, 5.41) is 14.7. The second-order valence-electron chi connectivity index (χ2n) is 9.77. The first-order valence-electron chi connectivity index (χ1n) is 11.9. The molecule has 2 aromatic carbocycles. The van der Waals surface area contributed by atoms with Crippen molar-refractivity contribution in [2.24, 2.45) is 5.41 Å². The molecule has 0 saturated carbocycles. The number of aliphatic carboxylic acids is 1. The number of carboxylic acids is 1. The van der Waals surface area contributed by atoms with Gasteiger partial charge in [-0.25, -0.2) is 9.59 Å². The summed E-state index contributed by atoms with van der Waals surface area (Å²) < 4.78 is 5.53. The van der Waals surface area contributed by atoms with E-state index in [1.54, 1.807) is 19.9 Å². The number of hydrogen-bond donors (Lipinski definition) is 3. The average Bonchev–Trinajstić information content (AvgIpc) is 3.13. The smallest absolute Gasteiger partial charge is 0.407 e. The zero-order valence-corrected chi connectivity index (χ0v) is 20.8. The highest BCUT2D eigenvalue weighted by Gasteiger charge is 2.32. The van der Waals surface area contributed by atoms with Gasteiger partial charge in [-0.05, 0) is 48.9 Å². The molecule has 1 aliphatic carbocycles. The number of carboxylic acid groups (broad SMARTS) is 1. The Morgan fingerprint density at radius 1 is 1.03 bits per heavy atom. The predicted molar refractivity (Wildman–Crippen MR) is 135 cm³/mol. The van der Waals surface area contributed by atoms with Gasteiger partial charge >= 0.3 is 12.1 Å². The Balaban J connectivity index is 1.50. The monoisotopic (exact) mass is 478 g/mol. The van der Waals surface area contributed by atoms with Gasteiger partial charge in [-0.15, -0.1) is 0 Å². The highest BCUT2D eigenvalue weighted by atomic mass is 16.5. The van der Waals surface area contributed by atoms with Crippen LogP contribution in [-0.2, 0) is 14.3 Å². The summed E-state index contributed by atoms with van der Waals surface area (Å²) in [4.78, 5) is 36.6. The maximum atomic E-state index is 12.7. The van der Waals surface area contributed by atoms with Crippen LogP contribution in [0.2, 0.25) is 0 Å². The minimum absolute atomic E-state index is 0.0240. The van der Waals surface area contributed by atoms with E-state index in [2.05, 4.69) is 34.9 Å². The molecule has 0 aliphatic heterocycles. The van der Waals surface area contributed by atoms with Crippen LogP contribution in [-0.4, -0.2) is 42.3 Å². The fourth-order valence-electron chi connectivity index (χ4n) is 4.17. The number of alkyl carbamates (subject to hydrolysis) is 1. The van der Waals surface area contributed by atoms with Crippen LogP contribution in [0.4, 0.5) is 4.79 Å². The van der Waals surface area contributed by atoms with E-state index >= 15 is 0 Å². The first-order valence-corrected chi connectivity index (χ1v) is 11.9. The molecule has 0 spiro atoms. The number of amides is 2. The Hall–Kier alpha value is -3.61. The molecule has 0 radical (unpaired) electrons. The van der Waals surface area contributed by atoms with Crippen LogP contribution in [0.25, 0.3) is 11.1 Å². The third kappa shape index (κ3) is 6.50. The molecule has 0 bridgehead atoms. The van der Waals surface area contributed by atoms with Crippen LogP contribution in [0, 0.1) is 5.41 Å². The number of rotatable bonds is 10. The van der Waals surface area contributed by atoms with Gasteiger partial charge in [-0.2, -0.15) is 0 Å². The Morgan fingerprint density at radius 3 is 2.14 bits per heavy atom. The van der Waals surface area contributed by atoms with E-state index in [1.165, 1.54) is 0 Å². The van der Waals surface area contributed by atoms with Crippen LogP contribution in [0.5, 0.6) is 0 Å². The lowest BCUT2D eigenvalue weighted by atomic mass is 9.87. The van der Waals surface area contributed by atoms with Gasteiger partial charge in [0, 0.05) is 17.9 Å². The lowest BCUT2D eigenvalue weighted by molar-refractivity contribution is -0.143. The van der Waals surface area contributed by atoms with E-state index in [0.717, 1.165) is 27.8 Å². The van der Waals surface area contributed by atoms with Gasteiger partial charge in [0.15, 0.2) is 0 Å². The topological polar surface area (TPSA) is 105 Å². The van der Waals surface area contributed by atoms with E-state index < -0.39 is 23.5 Å².